The van der Waals surface area contributed by atoms with Crippen LogP contribution in [-0.2, 0) is 16.0 Å². The molecule has 3 N–H and O–H groups in total. The Morgan fingerprint density at radius 3 is 2.74 bits per heavy atom. The van der Waals surface area contributed by atoms with Gasteiger partial charge in [-0.1, -0.05) is 24.3 Å². The lowest BCUT2D eigenvalue weighted by molar-refractivity contribution is -0.137. The predicted molar refractivity (Wildman–Crippen MR) is 68.5 cm³/mol. The number of aliphatic hydroxyl groups excluding tert-OH is 1. The number of benzene rings is 1. The molecule has 1 aliphatic carbocycles. The summed E-state index contributed by atoms with van der Waals surface area (Å²) in [7, 11) is 0. The van der Waals surface area contributed by atoms with Gasteiger partial charge in [0, 0.05) is 19.3 Å². The summed E-state index contributed by atoms with van der Waals surface area (Å²) in [5.41, 5.74) is 1.99. The van der Waals surface area contributed by atoms with Crippen molar-refractivity contribution in [2.45, 2.75) is 37.8 Å². The smallest absolute Gasteiger partial charge is 0.303 e. The molecule has 1 aromatic rings. The molecule has 1 amide bonds. The number of carbonyl (C=O) groups is 2. The molecular weight excluding hydrogens is 246 g/mol. The van der Waals surface area contributed by atoms with Crippen LogP contribution in [0.5, 0.6) is 0 Å². The van der Waals surface area contributed by atoms with Gasteiger partial charge >= 0.3 is 5.97 Å². The van der Waals surface area contributed by atoms with Crippen molar-refractivity contribution in [1.82, 2.24) is 5.32 Å². The Morgan fingerprint density at radius 2 is 2.00 bits per heavy atom. The van der Waals surface area contributed by atoms with Crippen molar-refractivity contribution >= 4 is 11.9 Å². The maximum atomic E-state index is 11.7. The first-order chi connectivity index (χ1) is 9.08. The molecule has 1 aliphatic rings. The van der Waals surface area contributed by atoms with Gasteiger partial charge in [-0.15, -0.1) is 0 Å². The maximum absolute atomic E-state index is 11.7. The lowest BCUT2D eigenvalue weighted by Gasteiger charge is -2.17. The number of fused-ring (bicyclic) bond motifs is 1. The molecule has 2 rings (SSSR count). The molecule has 0 aromatic heterocycles. The second kappa shape index (κ2) is 5.84. The Hall–Kier alpha value is -1.88. The van der Waals surface area contributed by atoms with Crippen LogP contribution >= 0.6 is 0 Å². The van der Waals surface area contributed by atoms with E-state index in [9.17, 15) is 14.7 Å². The van der Waals surface area contributed by atoms with Gasteiger partial charge in [-0.3, -0.25) is 9.59 Å². The number of hydrogen-bond acceptors (Lipinski definition) is 3. The summed E-state index contributed by atoms with van der Waals surface area (Å²) in [5.74, 6) is -1.12. The number of amides is 1. The van der Waals surface area contributed by atoms with Gasteiger partial charge in [0.1, 0.15) is 0 Å². The average Bonchev–Trinajstić information content (AvgIpc) is 2.66. The van der Waals surface area contributed by atoms with Crippen molar-refractivity contribution in [2.24, 2.45) is 0 Å². The van der Waals surface area contributed by atoms with Crippen LogP contribution in [0.2, 0.25) is 0 Å². The molecule has 5 nitrogen and oxygen atoms in total. The normalized spacial score (nSPS) is 20.9. The van der Waals surface area contributed by atoms with Gasteiger partial charge in [0.2, 0.25) is 5.91 Å². The summed E-state index contributed by atoms with van der Waals surface area (Å²) in [6.07, 6.45) is 0.386. The number of nitrogens with one attached hydrogen (secondary N) is 1. The first-order valence-electron chi connectivity index (χ1n) is 6.35. The zero-order valence-electron chi connectivity index (χ0n) is 10.5. The standard InChI is InChI=1S/C14H17NO4/c16-11-8-9-4-1-2-5-10(9)14(11)15-12(17)6-3-7-13(18)19/h1-2,4-5,11,14,16H,3,6-8H2,(H,15,17)(H,18,19)/t11-,14+/m0/s1. The van der Waals surface area contributed by atoms with Crippen molar-refractivity contribution in [3.63, 3.8) is 0 Å². The van der Waals surface area contributed by atoms with Crippen LogP contribution < -0.4 is 5.32 Å². The lowest BCUT2D eigenvalue weighted by Crippen LogP contribution is -2.33. The topological polar surface area (TPSA) is 86.6 Å². The summed E-state index contributed by atoms with van der Waals surface area (Å²) in [4.78, 5) is 22.1. The van der Waals surface area contributed by atoms with Gasteiger partial charge in [0.15, 0.2) is 0 Å². The van der Waals surface area contributed by atoms with Gasteiger partial charge in [-0.05, 0) is 17.5 Å². The number of aliphatic hydroxyl groups is 1. The van der Waals surface area contributed by atoms with E-state index in [4.69, 9.17) is 5.11 Å². The monoisotopic (exact) mass is 263 g/mol. The van der Waals surface area contributed by atoms with E-state index >= 15 is 0 Å². The molecule has 0 bridgehead atoms. The Labute approximate surface area is 111 Å². The number of carbonyl (C=O) groups excluding carboxylic acids is 1. The zero-order valence-corrected chi connectivity index (χ0v) is 10.5. The Bertz CT molecular complexity index is 486. The second-order valence-corrected chi connectivity index (χ2v) is 4.76. The number of aliphatic carboxylic acids is 1. The molecule has 0 spiro atoms. The van der Waals surface area contributed by atoms with E-state index in [1.165, 1.54) is 0 Å². The maximum Gasteiger partial charge on any atom is 0.303 e. The van der Waals surface area contributed by atoms with Crippen molar-refractivity contribution < 1.29 is 19.8 Å². The summed E-state index contributed by atoms with van der Waals surface area (Å²) >= 11 is 0. The fourth-order valence-electron chi connectivity index (χ4n) is 2.39. The van der Waals surface area contributed by atoms with Gasteiger partial charge in [-0.25, -0.2) is 0 Å². The molecule has 0 aliphatic heterocycles. The fraction of sp³-hybridized carbons (Fsp3) is 0.429. The van der Waals surface area contributed by atoms with Crippen LogP contribution in [0.4, 0.5) is 0 Å². The van der Waals surface area contributed by atoms with E-state index < -0.39 is 12.1 Å². The number of carboxylic acid groups (broad SMARTS) is 1. The van der Waals surface area contributed by atoms with Crippen molar-refractivity contribution in [3.8, 4) is 0 Å². The summed E-state index contributed by atoms with van der Waals surface area (Å²) in [5, 5.41) is 21.3. The average molecular weight is 263 g/mol. The third kappa shape index (κ3) is 3.32. The third-order valence-corrected chi connectivity index (χ3v) is 3.31. The molecule has 0 saturated heterocycles. The molecule has 0 saturated carbocycles. The summed E-state index contributed by atoms with van der Waals surface area (Å²) < 4.78 is 0. The molecule has 2 atom stereocenters. The number of carboxylic acids is 1. The highest BCUT2D eigenvalue weighted by Crippen LogP contribution is 2.31. The molecular formula is C14H17NO4. The molecule has 19 heavy (non-hydrogen) atoms. The molecule has 0 heterocycles. The van der Waals surface area contributed by atoms with Gasteiger partial charge in [0.25, 0.3) is 0 Å². The minimum absolute atomic E-state index is 0.0166. The Balaban J connectivity index is 1.92. The highest BCUT2D eigenvalue weighted by atomic mass is 16.4. The zero-order chi connectivity index (χ0) is 13.8. The van der Waals surface area contributed by atoms with E-state index in [1.807, 2.05) is 24.3 Å². The molecule has 0 fully saturated rings. The van der Waals surface area contributed by atoms with E-state index in [2.05, 4.69) is 5.32 Å². The van der Waals surface area contributed by atoms with Crippen LogP contribution in [-0.4, -0.2) is 28.2 Å². The lowest BCUT2D eigenvalue weighted by atomic mass is 10.1. The van der Waals surface area contributed by atoms with Crippen LogP contribution in [0, 0.1) is 0 Å². The summed E-state index contributed by atoms with van der Waals surface area (Å²) in [6.45, 7) is 0. The van der Waals surface area contributed by atoms with E-state index in [0.29, 0.717) is 12.8 Å². The molecule has 0 radical (unpaired) electrons. The highest BCUT2D eigenvalue weighted by molar-refractivity contribution is 5.77. The Kier molecular flexibility index (Phi) is 4.16. The summed E-state index contributed by atoms with van der Waals surface area (Å²) in [6, 6.07) is 7.24. The van der Waals surface area contributed by atoms with Crippen LogP contribution in [0.25, 0.3) is 0 Å². The first kappa shape index (κ1) is 13.5. The van der Waals surface area contributed by atoms with Crippen LogP contribution in [0.15, 0.2) is 24.3 Å². The molecule has 5 heteroatoms. The van der Waals surface area contributed by atoms with E-state index in [0.717, 1.165) is 11.1 Å². The fourth-order valence-corrected chi connectivity index (χ4v) is 2.39. The van der Waals surface area contributed by atoms with Gasteiger partial charge in [-0.2, -0.15) is 0 Å². The highest BCUT2D eigenvalue weighted by Gasteiger charge is 2.31. The van der Waals surface area contributed by atoms with Gasteiger partial charge < -0.3 is 15.5 Å². The minimum atomic E-state index is -0.904. The number of hydrogen-bond donors (Lipinski definition) is 3. The predicted octanol–water partition coefficient (Wildman–Crippen LogP) is 1.02. The minimum Gasteiger partial charge on any atom is -0.481 e. The van der Waals surface area contributed by atoms with Crippen molar-refractivity contribution in [2.75, 3.05) is 0 Å². The van der Waals surface area contributed by atoms with Crippen molar-refractivity contribution in [3.05, 3.63) is 35.4 Å². The largest absolute Gasteiger partial charge is 0.481 e. The van der Waals surface area contributed by atoms with E-state index in [1.54, 1.807) is 0 Å². The molecule has 0 unspecified atom stereocenters. The Morgan fingerprint density at radius 1 is 1.26 bits per heavy atom. The molecule has 102 valence electrons. The first-order valence-corrected chi connectivity index (χ1v) is 6.35. The second-order valence-electron chi connectivity index (χ2n) is 4.76. The SMILES string of the molecule is O=C(O)CCCC(=O)N[C@@H]1c2ccccc2C[C@@H]1O. The van der Waals surface area contributed by atoms with E-state index in [-0.39, 0.29) is 24.8 Å². The van der Waals surface area contributed by atoms with Crippen molar-refractivity contribution in [1.29, 1.82) is 0 Å². The van der Waals surface area contributed by atoms with Crippen LogP contribution in [0.1, 0.15) is 36.4 Å². The van der Waals surface area contributed by atoms with Gasteiger partial charge in [0.05, 0.1) is 12.1 Å². The van der Waals surface area contributed by atoms with Crippen LogP contribution in [0.3, 0.4) is 0 Å². The number of rotatable bonds is 5. The molecule has 1 aromatic carbocycles. The third-order valence-electron chi connectivity index (χ3n) is 3.31. The quantitative estimate of drug-likeness (QED) is 0.740.